The van der Waals surface area contributed by atoms with E-state index in [1.165, 1.54) is 12.1 Å². The summed E-state index contributed by atoms with van der Waals surface area (Å²) in [6, 6.07) is 6.29. The van der Waals surface area contributed by atoms with Crippen molar-refractivity contribution in [3.8, 4) is 0 Å². The van der Waals surface area contributed by atoms with Gasteiger partial charge in [-0.25, -0.2) is 0 Å². The summed E-state index contributed by atoms with van der Waals surface area (Å²) in [7, 11) is 0. The lowest BCUT2D eigenvalue weighted by atomic mass is 9.83. The zero-order valence-corrected chi connectivity index (χ0v) is 9.23. The molecule has 4 nitrogen and oxygen atoms in total. The number of hydrogen-bond acceptors (Lipinski definition) is 3. The van der Waals surface area contributed by atoms with Crippen LogP contribution in [0.2, 0.25) is 0 Å². The van der Waals surface area contributed by atoms with Gasteiger partial charge in [-0.05, 0) is 11.0 Å². The van der Waals surface area contributed by atoms with Crippen LogP contribution in [0.3, 0.4) is 0 Å². The molecule has 1 aromatic rings. The molecule has 0 aliphatic heterocycles. The van der Waals surface area contributed by atoms with Crippen LogP contribution < -0.4 is 5.73 Å². The number of nitro groups is 1. The largest absolute Gasteiger partial charge is 0.324 e. The van der Waals surface area contributed by atoms with Crippen molar-refractivity contribution < 1.29 is 4.92 Å². The quantitative estimate of drug-likeness (QED) is 0.600. The van der Waals surface area contributed by atoms with Crippen molar-refractivity contribution in [2.45, 2.75) is 26.8 Å². The van der Waals surface area contributed by atoms with Crippen LogP contribution in [-0.2, 0) is 0 Å². The molecule has 1 aromatic carbocycles. The van der Waals surface area contributed by atoms with E-state index in [9.17, 15) is 10.1 Å². The van der Waals surface area contributed by atoms with Crippen LogP contribution in [0.5, 0.6) is 0 Å². The minimum absolute atomic E-state index is 0.0455. The molecular formula is C11H16N2O2. The SMILES string of the molecule is CC(C)(C)[C@@H](N)c1ccc([N+](=O)[O-])cc1. The molecule has 0 aliphatic rings. The third-order valence-electron chi connectivity index (χ3n) is 2.40. The number of hydrogen-bond donors (Lipinski definition) is 1. The van der Waals surface area contributed by atoms with Crippen molar-refractivity contribution in [1.29, 1.82) is 0 Å². The van der Waals surface area contributed by atoms with Crippen LogP contribution in [-0.4, -0.2) is 4.92 Å². The monoisotopic (exact) mass is 208 g/mol. The highest BCUT2D eigenvalue weighted by Gasteiger charge is 2.22. The summed E-state index contributed by atoms with van der Waals surface area (Å²) in [6.07, 6.45) is 0. The predicted molar refractivity (Wildman–Crippen MR) is 59.5 cm³/mol. The molecule has 0 aromatic heterocycles. The number of nitro benzene ring substituents is 1. The summed E-state index contributed by atoms with van der Waals surface area (Å²) in [5.41, 5.74) is 7.00. The second-order valence-corrected chi connectivity index (χ2v) is 4.69. The van der Waals surface area contributed by atoms with E-state index in [1.54, 1.807) is 12.1 Å². The molecule has 0 saturated heterocycles. The minimum atomic E-state index is -0.410. The Hall–Kier alpha value is -1.42. The molecule has 0 fully saturated rings. The van der Waals surface area contributed by atoms with Crippen LogP contribution in [0, 0.1) is 15.5 Å². The molecule has 4 heteroatoms. The van der Waals surface area contributed by atoms with Gasteiger partial charge < -0.3 is 5.73 Å². The lowest BCUT2D eigenvalue weighted by molar-refractivity contribution is -0.384. The molecular weight excluding hydrogens is 192 g/mol. The summed E-state index contributed by atoms with van der Waals surface area (Å²) in [5, 5.41) is 10.5. The fourth-order valence-corrected chi connectivity index (χ4v) is 1.30. The summed E-state index contributed by atoms with van der Waals surface area (Å²) in [6.45, 7) is 6.12. The highest BCUT2D eigenvalue weighted by atomic mass is 16.6. The summed E-state index contributed by atoms with van der Waals surface area (Å²) < 4.78 is 0. The fourth-order valence-electron chi connectivity index (χ4n) is 1.30. The Morgan fingerprint density at radius 3 is 2.07 bits per heavy atom. The number of benzene rings is 1. The normalized spacial score (nSPS) is 13.6. The highest BCUT2D eigenvalue weighted by Crippen LogP contribution is 2.30. The fraction of sp³-hybridized carbons (Fsp3) is 0.455. The smallest absolute Gasteiger partial charge is 0.269 e. The average Bonchev–Trinajstić information content (AvgIpc) is 2.15. The van der Waals surface area contributed by atoms with Crippen LogP contribution in [0.25, 0.3) is 0 Å². The van der Waals surface area contributed by atoms with Gasteiger partial charge in [0.2, 0.25) is 0 Å². The molecule has 1 rings (SSSR count). The maximum atomic E-state index is 10.5. The Morgan fingerprint density at radius 1 is 1.27 bits per heavy atom. The van der Waals surface area contributed by atoms with Crippen molar-refractivity contribution in [3.63, 3.8) is 0 Å². The molecule has 0 unspecified atom stereocenters. The van der Waals surface area contributed by atoms with Gasteiger partial charge in [-0.1, -0.05) is 32.9 Å². The minimum Gasteiger partial charge on any atom is -0.324 e. The standard InChI is InChI=1S/C11H16N2O2/c1-11(2,3)10(12)8-4-6-9(7-5-8)13(14)15/h4-7,10H,12H2,1-3H3/t10-/m0/s1. The maximum Gasteiger partial charge on any atom is 0.269 e. The molecule has 15 heavy (non-hydrogen) atoms. The van der Waals surface area contributed by atoms with E-state index in [-0.39, 0.29) is 17.1 Å². The van der Waals surface area contributed by atoms with E-state index in [1.807, 2.05) is 20.8 Å². The zero-order valence-electron chi connectivity index (χ0n) is 9.23. The van der Waals surface area contributed by atoms with Crippen molar-refractivity contribution >= 4 is 5.69 Å². The molecule has 2 N–H and O–H groups in total. The number of nitrogens with zero attached hydrogens (tertiary/aromatic N) is 1. The molecule has 0 radical (unpaired) electrons. The van der Waals surface area contributed by atoms with Gasteiger partial charge >= 0.3 is 0 Å². The highest BCUT2D eigenvalue weighted by molar-refractivity contribution is 5.34. The van der Waals surface area contributed by atoms with Crippen molar-refractivity contribution in [2.75, 3.05) is 0 Å². The first kappa shape index (κ1) is 11.7. The van der Waals surface area contributed by atoms with E-state index in [0.29, 0.717) is 0 Å². The molecule has 0 amide bonds. The van der Waals surface area contributed by atoms with Crippen LogP contribution in [0.4, 0.5) is 5.69 Å². The number of non-ortho nitro benzene ring substituents is 1. The zero-order chi connectivity index (χ0) is 11.6. The Labute approximate surface area is 89.2 Å². The summed E-state index contributed by atoms with van der Waals surface area (Å²) in [5.74, 6) is 0. The Morgan fingerprint density at radius 2 is 1.73 bits per heavy atom. The molecule has 0 aliphatic carbocycles. The summed E-state index contributed by atoms with van der Waals surface area (Å²) >= 11 is 0. The van der Waals surface area contributed by atoms with Gasteiger partial charge in [-0.2, -0.15) is 0 Å². The molecule has 82 valence electrons. The van der Waals surface area contributed by atoms with Crippen LogP contribution >= 0.6 is 0 Å². The first-order valence-electron chi connectivity index (χ1n) is 4.82. The van der Waals surface area contributed by atoms with Gasteiger partial charge in [-0.15, -0.1) is 0 Å². The van der Waals surface area contributed by atoms with Gasteiger partial charge in [0.25, 0.3) is 5.69 Å². The second-order valence-electron chi connectivity index (χ2n) is 4.69. The van der Waals surface area contributed by atoms with Crippen molar-refractivity contribution in [2.24, 2.45) is 11.1 Å². The van der Waals surface area contributed by atoms with Crippen LogP contribution in [0.15, 0.2) is 24.3 Å². The number of nitrogens with two attached hydrogens (primary N) is 1. The molecule has 0 spiro atoms. The van der Waals surface area contributed by atoms with Crippen molar-refractivity contribution in [3.05, 3.63) is 39.9 Å². The molecule has 1 atom stereocenters. The third-order valence-corrected chi connectivity index (χ3v) is 2.40. The predicted octanol–water partition coefficient (Wildman–Crippen LogP) is 2.64. The Balaban J connectivity index is 2.94. The van der Waals surface area contributed by atoms with E-state index >= 15 is 0 Å². The lowest BCUT2D eigenvalue weighted by Gasteiger charge is -2.27. The Bertz CT molecular complexity index is 352. The van der Waals surface area contributed by atoms with E-state index in [4.69, 9.17) is 5.73 Å². The topological polar surface area (TPSA) is 69.2 Å². The van der Waals surface area contributed by atoms with Gasteiger partial charge in [0.15, 0.2) is 0 Å². The Kier molecular flexibility index (Phi) is 3.09. The van der Waals surface area contributed by atoms with E-state index in [0.717, 1.165) is 5.56 Å². The van der Waals surface area contributed by atoms with E-state index < -0.39 is 4.92 Å². The van der Waals surface area contributed by atoms with Crippen molar-refractivity contribution in [1.82, 2.24) is 0 Å². The van der Waals surface area contributed by atoms with Gasteiger partial charge in [0.1, 0.15) is 0 Å². The molecule has 0 bridgehead atoms. The van der Waals surface area contributed by atoms with Crippen LogP contribution in [0.1, 0.15) is 32.4 Å². The van der Waals surface area contributed by atoms with Gasteiger partial charge in [0.05, 0.1) is 4.92 Å². The first-order chi connectivity index (χ1) is 6.82. The van der Waals surface area contributed by atoms with Gasteiger partial charge in [-0.3, -0.25) is 10.1 Å². The lowest BCUT2D eigenvalue weighted by Crippen LogP contribution is -2.26. The van der Waals surface area contributed by atoms with Gasteiger partial charge in [0, 0.05) is 18.2 Å². The molecule has 0 saturated carbocycles. The maximum absolute atomic E-state index is 10.5. The average molecular weight is 208 g/mol. The van der Waals surface area contributed by atoms with E-state index in [2.05, 4.69) is 0 Å². The number of rotatable bonds is 2. The molecule has 0 heterocycles. The third kappa shape index (κ3) is 2.76. The first-order valence-corrected chi connectivity index (χ1v) is 4.82. The second kappa shape index (κ2) is 3.98. The summed E-state index contributed by atoms with van der Waals surface area (Å²) in [4.78, 5) is 10.0.